The molecule has 0 spiro atoms. The first-order chi connectivity index (χ1) is 14.8. The van der Waals surface area contributed by atoms with Crippen LogP contribution in [0.4, 0.5) is 0 Å². The second kappa shape index (κ2) is 8.96. The summed E-state index contributed by atoms with van der Waals surface area (Å²) >= 11 is 0. The molecule has 1 aromatic heterocycles. The predicted octanol–water partition coefficient (Wildman–Crippen LogP) is -0.645. The van der Waals surface area contributed by atoms with E-state index in [0.717, 1.165) is 39.1 Å². The van der Waals surface area contributed by atoms with Crippen LogP contribution in [0.1, 0.15) is 40.4 Å². The summed E-state index contributed by atoms with van der Waals surface area (Å²) in [5, 5.41) is 2.94. The Bertz CT molecular complexity index is 846. The SMILES string of the molecule is CC(=O)N1C[C@H]2CN(C)C(=O)c3c(C(=O)NCCCN4CCN(C)CC4)ncn3[C@@H]2C1. The van der Waals surface area contributed by atoms with Crippen LogP contribution in [0.25, 0.3) is 0 Å². The van der Waals surface area contributed by atoms with Gasteiger partial charge in [-0.1, -0.05) is 0 Å². The molecule has 0 aliphatic carbocycles. The zero-order valence-electron chi connectivity index (χ0n) is 18.7. The second-order valence-electron chi connectivity index (χ2n) is 9.04. The fourth-order valence-electron chi connectivity index (χ4n) is 4.87. The number of hydrogen-bond donors (Lipinski definition) is 1. The van der Waals surface area contributed by atoms with Gasteiger partial charge in [0.1, 0.15) is 5.69 Å². The number of carbonyl (C=O) groups excluding carboxylic acids is 3. The van der Waals surface area contributed by atoms with Gasteiger partial charge in [-0.25, -0.2) is 4.98 Å². The van der Waals surface area contributed by atoms with E-state index in [2.05, 4.69) is 27.1 Å². The Kier molecular flexibility index (Phi) is 6.29. The standard InChI is InChI=1S/C21H33N7O3/c1-15(29)27-12-16-11-25(3)21(31)19-18(23-14-28(19)17(16)13-27)20(30)22-5-4-6-26-9-7-24(2)8-10-26/h14,16-17H,4-13H2,1-3H3,(H,22,30)/t16-,17-/m1/s1. The maximum absolute atomic E-state index is 13.0. The van der Waals surface area contributed by atoms with E-state index in [1.165, 1.54) is 0 Å². The predicted molar refractivity (Wildman–Crippen MR) is 115 cm³/mol. The molecular formula is C21H33N7O3. The molecule has 2 saturated heterocycles. The van der Waals surface area contributed by atoms with Crippen molar-refractivity contribution in [2.75, 3.05) is 73.0 Å². The Morgan fingerprint density at radius 1 is 1.13 bits per heavy atom. The number of likely N-dealkylation sites (tertiary alicyclic amines) is 1. The lowest BCUT2D eigenvalue weighted by Gasteiger charge is -2.32. The van der Waals surface area contributed by atoms with E-state index >= 15 is 0 Å². The normalized spacial score (nSPS) is 24.7. The summed E-state index contributed by atoms with van der Waals surface area (Å²) in [6, 6.07) is -0.0425. The molecule has 10 heteroatoms. The van der Waals surface area contributed by atoms with E-state index < -0.39 is 0 Å². The number of aromatic nitrogens is 2. The van der Waals surface area contributed by atoms with Crippen molar-refractivity contribution in [3.63, 3.8) is 0 Å². The van der Waals surface area contributed by atoms with Gasteiger partial charge in [0, 0.05) is 72.2 Å². The average molecular weight is 432 g/mol. The third-order valence-electron chi connectivity index (χ3n) is 6.81. The van der Waals surface area contributed by atoms with Crippen molar-refractivity contribution in [2.45, 2.75) is 19.4 Å². The summed E-state index contributed by atoms with van der Waals surface area (Å²) in [5.74, 6) is -0.340. The molecule has 0 unspecified atom stereocenters. The Hall–Kier alpha value is -2.46. The van der Waals surface area contributed by atoms with Gasteiger partial charge in [-0.2, -0.15) is 0 Å². The number of rotatable bonds is 5. The molecule has 0 radical (unpaired) electrons. The molecule has 2 fully saturated rings. The number of hydrogen-bond acceptors (Lipinski definition) is 6. The smallest absolute Gasteiger partial charge is 0.272 e. The largest absolute Gasteiger partial charge is 0.351 e. The summed E-state index contributed by atoms with van der Waals surface area (Å²) in [7, 11) is 3.88. The van der Waals surface area contributed by atoms with Crippen LogP contribution in [0, 0.1) is 5.92 Å². The number of nitrogens with one attached hydrogen (secondary N) is 1. The highest BCUT2D eigenvalue weighted by atomic mass is 16.2. The minimum atomic E-state index is -0.311. The Balaban J connectivity index is 1.41. The van der Waals surface area contributed by atoms with Gasteiger partial charge < -0.3 is 29.5 Å². The zero-order valence-corrected chi connectivity index (χ0v) is 18.7. The maximum Gasteiger partial charge on any atom is 0.272 e. The quantitative estimate of drug-likeness (QED) is 0.623. The van der Waals surface area contributed by atoms with E-state index in [0.29, 0.717) is 31.9 Å². The molecule has 3 aliphatic heterocycles. The van der Waals surface area contributed by atoms with Crippen molar-refractivity contribution in [1.82, 2.24) is 34.5 Å². The van der Waals surface area contributed by atoms with Gasteiger partial charge >= 0.3 is 0 Å². The van der Waals surface area contributed by atoms with Gasteiger partial charge in [0.05, 0.1) is 12.4 Å². The molecule has 170 valence electrons. The highest BCUT2D eigenvalue weighted by Gasteiger charge is 2.42. The van der Waals surface area contributed by atoms with E-state index in [1.807, 2.05) is 4.57 Å². The van der Waals surface area contributed by atoms with E-state index in [1.54, 1.807) is 30.1 Å². The van der Waals surface area contributed by atoms with Gasteiger partial charge in [-0.3, -0.25) is 14.4 Å². The maximum atomic E-state index is 13.0. The van der Waals surface area contributed by atoms with Crippen molar-refractivity contribution in [3.05, 3.63) is 17.7 Å². The number of piperazine rings is 1. The van der Waals surface area contributed by atoms with Crippen LogP contribution in [-0.4, -0.2) is 120 Å². The summed E-state index contributed by atoms with van der Waals surface area (Å²) in [5.41, 5.74) is 0.510. The lowest BCUT2D eigenvalue weighted by molar-refractivity contribution is -0.128. The van der Waals surface area contributed by atoms with Crippen LogP contribution < -0.4 is 5.32 Å². The van der Waals surface area contributed by atoms with Gasteiger partial charge in [0.2, 0.25) is 5.91 Å². The molecule has 3 amide bonds. The van der Waals surface area contributed by atoms with E-state index in [9.17, 15) is 14.4 Å². The molecule has 3 aliphatic rings. The summed E-state index contributed by atoms with van der Waals surface area (Å²) in [6.45, 7) is 9.03. The number of nitrogens with zero attached hydrogens (tertiary/aromatic N) is 6. The van der Waals surface area contributed by atoms with E-state index in [4.69, 9.17) is 0 Å². The lowest BCUT2D eigenvalue weighted by atomic mass is 10.0. The van der Waals surface area contributed by atoms with Crippen molar-refractivity contribution < 1.29 is 14.4 Å². The molecule has 0 aromatic carbocycles. The molecule has 1 N–H and O–H groups in total. The summed E-state index contributed by atoms with van der Waals surface area (Å²) in [4.78, 5) is 50.3. The highest BCUT2D eigenvalue weighted by molar-refractivity contribution is 6.05. The minimum Gasteiger partial charge on any atom is -0.351 e. The number of amides is 3. The zero-order chi connectivity index (χ0) is 22.1. The van der Waals surface area contributed by atoms with Crippen molar-refractivity contribution >= 4 is 17.7 Å². The summed E-state index contributed by atoms with van der Waals surface area (Å²) in [6.07, 6.45) is 2.45. The second-order valence-corrected chi connectivity index (χ2v) is 9.04. The van der Waals surface area contributed by atoms with Crippen molar-refractivity contribution in [3.8, 4) is 0 Å². The minimum absolute atomic E-state index is 0.0297. The first-order valence-electron chi connectivity index (χ1n) is 11.1. The molecular weight excluding hydrogens is 398 g/mol. The fraction of sp³-hybridized carbons (Fsp3) is 0.714. The Morgan fingerprint density at radius 3 is 2.58 bits per heavy atom. The lowest BCUT2D eigenvalue weighted by Crippen LogP contribution is -2.45. The van der Waals surface area contributed by atoms with Crippen molar-refractivity contribution in [2.24, 2.45) is 5.92 Å². The summed E-state index contributed by atoms with van der Waals surface area (Å²) < 4.78 is 1.82. The number of imidazole rings is 1. The first kappa shape index (κ1) is 21.8. The van der Waals surface area contributed by atoms with Gasteiger partial charge in [0.25, 0.3) is 11.8 Å². The number of likely N-dealkylation sites (N-methyl/N-ethyl adjacent to an activating group) is 1. The van der Waals surface area contributed by atoms with Crippen molar-refractivity contribution in [1.29, 1.82) is 0 Å². The van der Waals surface area contributed by atoms with Gasteiger partial charge in [-0.15, -0.1) is 0 Å². The highest BCUT2D eigenvalue weighted by Crippen LogP contribution is 2.33. The molecule has 0 saturated carbocycles. The number of fused-ring (bicyclic) bond motifs is 3. The Morgan fingerprint density at radius 2 is 1.87 bits per heavy atom. The Labute approximate surface area is 183 Å². The van der Waals surface area contributed by atoms with Crippen LogP contribution >= 0.6 is 0 Å². The molecule has 1 aromatic rings. The van der Waals surface area contributed by atoms with Crippen LogP contribution in [0.2, 0.25) is 0 Å². The molecule has 0 bridgehead atoms. The average Bonchev–Trinajstić information content (AvgIpc) is 3.34. The fourth-order valence-corrected chi connectivity index (χ4v) is 4.87. The third-order valence-corrected chi connectivity index (χ3v) is 6.81. The topological polar surface area (TPSA) is 94.0 Å². The van der Waals surface area contributed by atoms with Gasteiger partial charge in [-0.05, 0) is 20.0 Å². The monoisotopic (exact) mass is 431 g/mol. The van der Waals surface area contributed by atoms with Crippen LogP contribution in [0.15, 0.2) is 6.33 Å². The van der Waals surface area contributed by atoms with Crippen LogP contribution in [0.5, 0.6) is 0 Å². The molecule has 2 atom stereocenters. The number of carbonyl (C=O) groups is 3. The molecule has 4 rings (SSSR count). The van der Waals surface area contributed by atoms with Gasteiger partial charge in [0.15, 0.2) is 5.69 Å². The van der Waals surface area contributed by atoms with Crippen LogP contribution in [0.3, 0.4) is 0 Å². The third kappa shape index (κ3) is 4.45. The molecule has 10 nitrogen and oxygen atoms in total. The molecule has 4 heterocycles. The van der Waals surface area contributed by atoms with E-state index in [-0.39, 0.29) is 35.4 Å². The first-order valence-corrected chi connectivity index (χ1v) is 11.1. The molecule has 31 heavy (non-hydrogen) atoms. The van der Waals surface area contributed by atoms with Crippen LogP contribution in [-0.2, 0) is 4.79 Å².